The summed E-state index contributed by atoms with van der Waals surface area (Å²) in [4.78, 5) is 16.1. The van der Waals surface area contributed by atoms with Crippen molar-refractivity contribution < 1.29 is 18.0 Å². The van der Waals surface area contributed by atoms with Gasteiger partial charge in [0.2, 0.25) is 5.91 Å². The van der Waals surface area contributed by atoms with Crippen molar-refractivity contribution in [3.8, 4) is 5.69 Å². The molecule has 1 amide bonds. The maximum atomic E-state index is 13.4. The minimum absolute atomic E-state index is 0.109. The molecule has 0 aliphatic heterocycles. The van der Waals surface area contributed by atoms with Crippen LogP contribution in [-0.2, 0) is 4.79 Å². The molecule has 0 atom stereocenters. The zero-order valence-electron chi connectivity index (χ0n) is 13.6. The van der Waals surface area contributed by atoms with Crippen LogP contribution in [0.2, 0.25) is 5.02 Å². The lowest BCUT2D eigenvalue weighted by Gasteiger charge is -2.14. The summed E-state index contributed by atoms with van der Waals surface area (Å²) in [5, 5.41) is 6.61. The van der Waals surface area contributed by atoms with Gasteiger partial charge in [0, 0.05) is 6.08 Å². The zero-order valence-corrected chi connectivity index (χ0v) is 14.4. The number of halogens is 4. The summed E-state index contributed by atoms with van der Waals surface area (Å²) in [6.07, 6.45) is -1.55. The predicted octanol–water partition coefficient (Wildman–Crippen LogP) is 4.51. The number of nitrogens with one attached hydrogen (secondary N) is 1. The highest BCUT2D eigenvalue weighted by atomic mass is 35.5. The van der Waals surface area contributed by atoms with Crippen LogP contribution in [0.1, 0.15) is 5.56 Å². The van der Waals surface area contributed by atoms with Crippen molar-refractivity contribution in [3.63, 3.8) is 0 Å². The molecule has 0 fully saturated rings. The van der Waals surface area contributed by atoms with E-state index in [0.29, 0.717) is 11.8 Å². The second-order valence-corrected chi connectivity index (χ2v) is 5.79. The number of carbonyl (C=O) groups is 1. The van der Waals surface area contributed by atoms with Crippen molar-refractivity contribution in [1.82, 2.24) is 14.8 Å². The van der Waals surface area contributed by atoms with E-state index in [1.807, 2.05) is 0 Å². The number of benzene rings is 2. The van der Waals surface area contributed by atoms with Crippen molar-refractivity contribution in [3.05, 3.63) is 77.8 Å². The number of aromatic nitrogens is 3. The minimum atomic E-state index is -4.69. The van der Waals surface area contributed by atoms with Gasteiger partial charge >= 0.3 is 6.18 Å². The van der Waals surface area contributed by atoms with Crippen molar-refractivity contribution in [2.75, 3.05) is 5.32 Å². The summed E-state index contributed by atoms with van der Waals surface area (Å²) in [6.45, 7) is 0. The lowest BCUT2D eigenvalue weighted by atomic mass is 10.1. The van der Waals surface area contributed by atoms with E-state index >= 15 is 0 Å². The van der Waals surface area contributed by atoms with E-state index in [2.05, 4.69) is 15.4 Å². The number of hydrogen-bond acceptors (Lipinski definition) is 3. The first-order valence-electron chi connectivity index (χ1n) is 7.65. The fraction of sp³-hybridized carbons (Fsp3) is 0.0556. The largest absolute Gasteiger partial charge is 0.417 e. The summed E-state index contributed by atoms with van der Waals surface area (Å²) in [7, 11) is 0. The molecule has 0 bridgehead atoms. The molecule has 0 saturated heterocycles. The SMILES string of the molecule is O=C(/C=C(/c1ccccc1)C(F)(F)F)Nc1cccc(Cl)c1-n1cncn1. The molecule has 3 aromatic rings. The van der Waals surface area contributed by atoms with Crippen LogP contribution >= 0.6 is 11.6 Å². The molecular formula is C18H12ClF3N4O. The average Bonchev–Trinajstić information content (AvgIpc) is 3.14. The van der Waals surface area contributed by atoms with Gasteiger partial charge in [-0.15, -0.1) is 0 Å². The predicted molar refractivity (Wildman–Crippen MR) is 95.5 cm³/mol. The molecule has 1 heterocycles. The number of hydrogen-bond donors (Lipinski definition) is 1. The Hall–Kier alpha value is -3.13. The maximum Gasteiger partial charge on any atom is 0.417 e. The quantitative estimate of drug-likeness (QED) is 0.665. The monoisotopic (exact) mass is 392 g/mol. The third-order valence-corrected chi connectivity index (χ3v) is 3.86. The van der Waals surface area contributed by atoms with Crippen LogP contribution in [0.3, 0.4) is 0 Å². The summed E-state index contributed by atoms with van der Waals surface area (Å²) in [6, 6.07) is 11.7. The molecule has 0 radical (unpaired) electrons. The first-order chi connectivity index (χ1) is 12.9. The normalized spacial score (nSPS) is 12.1. The molecular weight excluding hydrogens is 381 g/mol. The van der Waals surface area contributed by atoms with Crippen LogP contribution in [-0.4, -0.2) is 26.8 Å². The van der Waals surface area contributed by atoms with Crippen LogP contribution in [0.25, 0.3) is 11.3 Å². The molecule has 0 aliphatic rings. The van der Waals surface area contributed by atoms with Gasteiger partial charge in [-0.25, -0.2) is 9.67 Å². The van der Waals surface area contributed by atoms with Crippen molar-refractivity contribution in [2.45, 2.75) is 6.18 Å². The average molecular weight is 393 g/mol. The molecule has 0 spiro atoms. The fourth-order valence-electron chi connectivity index (χ4n) is 2.42. The van der Waals surface area contributed by atoms with Crippen molar-refractivity contribution in [2.24, 2.45) is 0 Å². The molecule has 0 saturated carbocycles. The van der Waals surface area contributed by atoms with Gasteiger partial charge < -0.3 is 5.32 Å². The van der Waals surface area contributed by atoms with E-state index in [1.165, 1.54) is 47.7 Å². The molecule has 1 N–H and O–H groups in total. The Morgan fingerprint density at radius 1 is 1.11 bits per heavy atom. The Kier molecular flexibility index (Phi) is 5.27. The van der Waals surface area contributed by atoms with Gasteiger partial charge in [0.25, 0.3) is 0 Å². The standard InChI is InChI=1S/C18H12ClF3N4O/c19-14-7-4-8-15(17(14)26-11-23-10-24-26)25-16(27)9-13(18(20,21)22)12-5-2-1-3-6-12/h1-11H,(H,25,27)/b13-9-. The van der Waals surface area contributed by atoms with Crippen LogP contribution in [0.15, 0.2) is 67.3 Å². The van der Waals surface area contributed by atoms with E-state index < -0.39 is 17.7 Å². The summed E-state index contributed by atoms with van der Waals surface area (Å²) in [5.41, 5.74) is -0.664. The highest BCUT2D eigenvalue weighted by Gasteiger charge is 2.35. The van der Waals surface area contributed by atoms with E-state index in [0.717, 1.165) is 0 Å². The van der Waals surface area contributed by atoms with Gasteiger partial charge in [-0.05, 0) is 17.7 Å². The summed E-state index contributed by atoms with van der Waals surface area (Å²) < 4.78 is 41.4. The Bertz CT molecular complexity index is 970. The Balaban J connectivity index is 1.96. The van der Waals surface area contributed by atoms with E-state index in [1.54, 1.807) is 18.2 Å². The Morgan fingerprint density at radius 3 is 2.48 bits per heavy atom. The second kappa shape index (κ2) is 7.63. The van der Waals surface area contributed by atoms with Gasteiger partial charge in [-0.2, -0.15) is 18.3 Å². The number of anilines is 1. The number of amides is 1. The van der Waals surface area contributed by atoms with Gasteiger partial charge in [0.1, 0.15) is 18.3 Å². The first-order valence-corrected chi connectivity index (χ1v) is 8.03. The molecule has 138 valence electrons. The zero-order chi connectivity index (χ0) is 19.4. The number of allylic oxidation sites excluding steroid dienone is 1. The lowest BCUT2D eigenvalue weighted by molar-refractivity contribution is -0.112. The molecule has 0 unspecified atom stereocenters. The summed E-state index contributed by atoms with van der Waals surface area (Å²) >= 11 is 6.14. The highest BCUT2D eigenvalue weighted by molar-refractivity contribution is 6.33. The number of para-hydroxylation sites is 1. The molecule has 0 aliphatic carbocycles. The number of nitrogens with zero attached hydrogens (tertiary/aromatic N) is 3. The molecule has 1 aromatic heterocycles. The lowest BCUT2D eigenvalue weighted by Crippen LogP contribution is -2.17. The minimum Gasteiger partial charge on any atom is -0.321 e. The smallest absolute Gasteiger partial charge is 0.321 e. The molecule has 27 heavy (non-hydrogen) atoms. The van der Waals surface area contributed by atoms with Crippen molar-refractivity contribution >= 4 is 28.8 Å². The van der Waals surface area contributed by atoms with Gasteiger partial charge in [0.05, 0.1) is 16.3 Å². The van der Waals surface area contributed by atoms with Crippen LogP contribution in [0.4, 0.5) is 18.9 Å². The highest BCUT2D eigenvalue weighted by Crippen LogP contribution is 2.34. The molecule has 3 rings (SSSR count). The molecule has 2 aromatic carbocycles. The summed E-state index contributed by atoms with van der Waals surface area (Å²) in [5.74, 6) is -0.949. The molecule has 9 heteroatoms. The van der Waals surface area contributed by atoms with E-state index in [9.17, 15) is 18.0 Å². The fourth-order valence-corrected chi connectivity index (χ4v) is 2.68. The van der Waals surface area contributed by atoms with Crippen molar-refractivity contribution in [1.29, 1.82) is 0 Å². The third-order valence-electron chi connectivity index (χ3n) is 3.56. The van der Waals surface area contributed by atoms with E-state index in [-0.39, 0.29) is 16.3 Å². The Labute approximate surface area is 157 Å². The van der Waals surface area contributed by atoms with Gasteiger partial charge in [-0.1, -0.05) is 48.0 Å². The Morgan fingerprint density at radius 2 is 1.85 bits per heavy atom. The molecule has 5 nitrogen and oxygen atoms in total. The van der Waals surface area contributed by atoms with Gasteiger partial charge in [0.15, 0.2) is 0 Å². The first kappa shape index (κ1) is 18.7. The van der Waals surface area contributed by atoms with Gasteiger partial charge in [-0.3, -0.25) is 4.79 Å². The van der Waals surface area contributed by atoms with Crippen LogP contribution < -0.4 is 5.32 Å². The maximum absolute atomic E-state index is 13.4. The van der Waals surface area contributed by atoms with Crippen LogP contribution in [0, 0.1) is 0 Å². The topological polar surface area (TPSA) is 59.8 Å². The third kappa shape index (κ3) is 4.35. The second-order valence-electron chi connectivity index (χ2n) is 5.39. The van der Waals surface area contributed by atoms with Crippen LogP contribution in [0.5, 0.6) is 0 Å². The van der Waals surface area contributed by atoms with E-state index in [4.69, 9.17) is 11.6 Å². The number of rotatable bonds is 4. The number of carbonyl (C=O) groups excluding carboxylic acids is 1. The number of alkyl halides is 3.